The Labute approximate surface area is 116 Å². The van der Waals surface area contributed by atoms with Gasteiger partial charge in [0.25, 0.3) is 0 Å². The Morgan fingerprint density at radius 1 is 1.39 bits per heavy atom. The van der Waals surface area contributed by atoms with E-state index < -0.39 is 0 Å². The average molecular weight is 308 g/mol. The summed E-state index contributed by atoms with van der Waals surface area (Å²) in [5.74, 6) is 0. The van der Waals surface area contributed by atoms with Gasteiger partial charge in [-0.3, -0.25) is 0 Å². The van der Waals surface area contributed by atoms with Crippen LogP contribution in [0.25, 0.3) is 5.69 Å². The number of aryl methyl sites for hydroxylation is 1. The van der Waals surface area contributed by atoms with E-state index in [1.165, 1.54) is 11.3 Å². The van der Waals surface area contributed by atoms with Crippen molar-refractivity contribution in [3.05, 3.63) is 46.5 Å². The highest BCUT2D eigenvalue weighted by Gasteiger charge is 2.03. The third kappa shape index (κ3) is 3.21. The molecule has 0 unspecified atom stereocenters. The van der Waals surface area contributed by atoms with Gasteiger partial charge in [-0.05, 0) is 43.7 Å². The van der Waals surface area contributed by atoms with Crippen LogP contribution in [0.2, 0.25) is 0 Å². The summed E-state index contributed by atoms with van der Waals surface area (Å²) >= 11 is 3.48. The monoisotopic (exact) mass is 307 g/mol. The quantitative estimate of drug-likeness (QED) is 0.858. The fourth-order valence-electron chi connectivity index (χ4n) is 1.89. The highest BCUT2D eigenvalue weighted by Crippen LogP contribution is 2.19. The molecule has 1 heterocycles. The van der Waals surface area contributed by atoms with Crippen molar-refractivity contribution in [2.75, 3.05) is 6.54 Å². The molecule has 1 aromatic carbocycles. The molecule has 0 spiro atoms. The normalized spacial score (nSPS) is 10.8. The highest BCUT2D eigenvalue weighted by atomic mass is 79.9. The Morgan fingerprint density at radius 3 is 2.94 bits per heavy atom. The van der Waals surface area contributed by atoms with Gasteiger partial charge in [0.2, 0.25) is 0 Å². The molecule has 0 aliphatic carbocycles. The minimum atomic E-state index is 0.830. The Bertz CT molecular complexity index is 520. The Balaban J connectivity index is 2.13. The second-order valence-electron chi connectivity index (χ2n) is 4.38. The number of hydrogen-bond acceptors (Lipinski definition) is 2. The number of aromatic nitrogens is 2. The van der Waals surface area contributed by atoms with Crippen LogP contribution in [0, 0.1) is 6.92 Å². The van der Waals surface area contributed by atoms with Gasteiger partial charge in [0.1, 0.15) is 0 Å². The summed E-state index contributed by atoms with van der Waals surface area (Å²) in [6, 6.07) is 6.27. The molecule has 0 saturated heterocycles. The van der Waals surface area contributed by atoms with Crippen LogP contribution in [0.1, 0.15) is 24.6 Å². The van der Waals surface area contributed by atoms with Crippen molar-refractivity contribution in [1.82, 2.24) is 14.9 Å². The molecule has 1 N–H and O–H groups in total. The second kappa shape index (κ2) is 6.16. The molecule has 0 atom stereocenters. The molecule has 3 nitrogen and oxygen atoms in total. The summed E-state index contributed by atoms with van der Waals surface area (Å²) in [4.78, 5) is 4.42. The molecular weight excluding hydrogens is 290 g/mol. The number of halogens is 1. The van der Waals surface area contributed by atoms with E-state index >= 15 is 0 Å². The average Bonchev–Trinajstić information content (AvgIpc) is 2.78. The fraction of sp³-hybridized carbons (Fsp3) is 0.357. The van der Waals surface area contributed by atoms with Crippen LogP contribution in [0.4, 0.5) is 0 Å². The molecule has 0 aliphatic heterocycles. The van der Waals surface area contributed by atoms with Crippen molar-refractivity contribution in [1.29, 1.82) is 0 Å². The number of rotatable bonds is 5. The molecular formula is C14H18BrN3. The minimum absolute atomic E-state index is 0.830. The lowest BCUT2D eigenvalue weighted by molar-refractivity contribution is 0.666. The van der Waals surface area contributed by atoms with Crippen molar-refractivity contribution in [3.8, 4) is 5.69 Å². The van der Waals surface area contributed by atoms with Crippen LogP contribution in [0.3, 0.4) is 0 Å². The molecule has 18 heavy (non-hydrogen) atoms. The number of imidazole rings is 1. The van der Waals surface area contributed by atoms with Crippen molar-refractivity contribution in [2.24, 2.45) is 0 Å². The van der Waals surface area contributed by atoms with Gasteiger partial charge >= 0.3 is 0 Å². The summed E-state index contributed by atoms with van der Waals surface area (Å²) in [5.41, 5.74) is 3.48. The van der Waals surface area contributed by atoms with Crippen molar-refractivity contribution >= 4 is 15.9 Å². The zero-order valence-electron chi connectivity index (χ0n) is 10.8. The molecule has 0 bridgehead atoms. The lowest BCUT2D eigenvalue weighted by Crippen LogP contribution is -2.13. The van der Waals surface area contributed by atoms with Crippen LogP contribution >= 0.6 is 15.9 Å². The van der Waals surface area contributed by atoms with Crippen LogP contribution in [0.15, 0.2) is 35.2 Å². The van der Waals surface area contributed by atoms with Gasteiger partial charge < -0.3 is 9.88 Å². The molecule has 4 heteroatoms. The number of benzene rings is 1. The lowest BCUT2D eigenvalue weighted by atomic mass is 10.2. The Kier molecular flexibility index (Phi) is 4.55. The first-order valence-corrected chi connectivity index (χ1v) is 7.00. The SMILES string of the molecule is CCCNCc1cn(-c2ccc(Br)cc2C)cn1. The van der Waals surface area contributed by atoms with Gasteiger partial charge in [-0.2, -0.15) is 0 Å². The Morgan fingerprint density at radius 2 is 2.22 bits per heavy atom. The van der Waals surface area contributed by atoms with Crippen LogP contribution in [-0.4, -0.2) is 16.1 Å². The highest BCUT2D eigenvalue weighted by molar-refractivity contribution is 9.10. The molecule has 0 amide bonds. The molecule has 96 valence electrons. The topological polar surface area (TPSA) is 29.9 Å². The van der Waals surface area contributed by atoms with Crippen molar-refractivity contribution in [2.45, 2.75) is 26.8 Å². The van der Waals surface area contributed by atoms with E-state index in [4.69, 9.17) is 0 Å². The molecule has 0 fully saturated rings. The van der Waals surface area contributed by atoms with Gasteiger partial charge in [0.15, 0.2) is 0 Å². The van der Waals surface area contributed by atoms with E-state index in [0.29, 0.717) is 0 Å². The summed E-state index contributed by atoms with van der Waals surface area (Å²) in [6.45, 7) is 6.13. The maximum absolute atomic E-state index is 4.42. The van der Waals surface area contributed by atoms with Gasteiger partial charge in [-0.15, -0.1) is 0 Å². The standard InChI is InChI=1S/C14H18BrN3/c1-3-6-16-8-13-9-18(10-17-13)14-5-4-12(15)7-11(14)2/h4-5,7,9-10,16H,3,6,8H2,1-2H3. The van der Waals surface area contributed by atoms with E-state index in [1.54, 1.807) is 0 Å². The third-order valence-corrected chi connectivity index (χ3v) is 3.30. The van der Waals surface area contributed by atoms with E-state index in [2.05, 4.69) is 69.0 Å². The fourth-order valence-corrected chi connectivity index (χ4v) is 2.36. The van der Waals surface area contributed by atoms with Gasteiger partial charge in [0, 0.05) is 22.9 Å². The zero-order chi connectivity index (χ0) is 13.0. The number of hydrogen-bond donors (Lipinski definition) is 1. The maximum atomic E-state index is 4.42. The smallest absolute Gasteiger partial charge is 0.0995 e. The predicted octanol–water partition coefficient (Wildman–Crippen LogP) is 3.44. The first-order chi connectivity index (χ1) is 8.70. The molecule has 1 aromatic heterocycles. The Hall–Kier alpha value is -1.13. The summed E-state index contributed by atoms with van der Waals surface area (Å²) in [7, 11) is 0. The predicted molar refractivity (Wildman–Crippen MR) is 78.0 cm³/mol. The minimum Gasteiger partial charge on any atom is -0.311 e. The maximum Gasteiger partial charge on any atom is 0.0995 e. The lowest BCUT2D eigenvalue weighted by Gasteiger charge is -2.06. The van der Waals surface area contributed by atoms with Crippen LogP contribution < -0.4 is 5.32 Å². The van der Waals surface area contributed by atoms with Gasteiger partial charge in [0.05, 0.1) is 12.0 Å². The van der Waals surface area contributed by atoms with Crippen molar-refractivity contribution in [3.63, 3.8) is 0 Å². The van der Waals surface area contributed by atoms with E-state index in [1.807, 2.05) is 6.33 Å². The summed E-state index contributed by atoms with van der Waals surface area (Å²) < 4.78 is 3.18. The second-order valence-corrected chi connectivity index (χ2v) is 5.30. The molecule has 0 radical (unpaired) electrons. The molecule has 2 rings (SSSR count). The van der Waals surface area contributed by atoms with E-state index in [-0.39, 0.29) is 0 Å². The van der Waals surface area contributed by atoms with E-state index in [9.17, 15) is 0 Å². The van der Waals surface area contributed by atoms with Crippen LogP contribution in [-0.2, 0) is 6.54 Å². The molecule has 2 aromatic rings. The van der Waals surface area contributed by atoms with Gasteiger partial charge in [-0.25, -0.2) is 4.98 Å². The summed E-state index contributed by atoms with van der Waals surface area (Å²) in [6.07, 6.45) is 5.10. The first-order valence-electron chi connectivity index (χ1n) is 6.21. The zero-order valence-corrected chi connectivity index (χ0v) is 12.4. The summed E-state index contributed by atoms with van der Waals surface area (Å²) in [5, 5.41) is 3.36. The number of nitrogens with one attached hydrogen (secondary N) is 1. The molecule has 0 saturated carbocycles. The van der Waals surface area contributed by atoms with E-state index in [0.717, 1.165) is 29.7 Å². The first kappa shape index (κ1) is 13.3. The molecule has 0 aliphatic rings. The van der Waals surface area contributed by atoms with Crippen LogP contribution in [0.5, 0.6) is 0 Å². The largest absolute Gasteiger partial charge is 0.311 e. The number of nitrogens with zero attached hydrogens (tertiary/aromatic N) is 2. The third-order valence-electron chi connectivity index (χ3n) is 2.81. The van der Waals surface area contributed by atoms with Crippen molar-refractivity contribution < 1.29 is 0 Å². The van der Waals surface area contributed by atoms with Gasteiger partial charge in [-0.1, -0.05) is 22.9 Å².